The fourth-order valence-corrected chi connectivity index (χ4v) is 4.05. The monoisotopic (exact) mass is 486 g/mol. The van der Waals surface area contributed by atoms with E-state index < -0.39 is 23.8 Å². The second kappa shape index (κ2) is 11.3. The summed E-state index contributed by atoms with van der Waals surface area (Å²) in [6.07, 6.45) is 0.392. The second-order valence-corrected chi connectivity index (χ2v) is 8.30. The molecule has 4 rings (SSSR count). The summed E-state index contributed by atoms with van der Waals surface area (Å²) < 4.78 is 10.7. The van der Waals surface area contributed by atoms with Crippen LogP contribution >= 0.6 is 0 Å². The van der Waals surface area contributed by atoms with E-state index in [1.54, 1.807) is 24.3 Å². The lowest BCUT2D eigenvalue weighted by Crippen LogP contribution is -2.48. The molecule has 3 amide bonds. The summed E-state index contributed by atoms with van der Waals surface area (Å²) >= 11 is 0. The van der Waals surface area contributed by atoms with Crippen molar-refractivity contribution in [2.24, 2.45) is 0 Å². The standard InChI is InChI=1S/C28H26N2O6/c1-20(31)36-24-14-12-22(13-15-24)30-26(32)18-25(28(30)34)29(17-16-21-8-4-2-5-9-21)27(33)19-35-23-10-6-3-7-11-23/h2-15,25H,16-19H2,1H3. The zero-order valence-corrected chi connectivity index (χ0v) is 19.8. The Kier molecular flexibility index (Phi) is 7.75. The van der Waals surface area contributed by atoms with Gasteiger partial charge in [-0.25, -0.2) is 4.90 Å². The van der Waals surface area contributed by atoms with Crippen molar-refractivity contribution < 1.29 is 28.7 Å². The number of hydrogen-bond donors (Lipinski definition) is 0. The SMILES string of the molecule is CC(=O)Oc1ccc(N2C(=O)CC(N(CCc3ccccc3)C(=O)COc3ccccc3)C2=O)cc1. The molecule has 8 heteroatoms. The van der Waals surface area contributed by atoms with Crippen molar-refractivity contribution in [3.8, 4) is 11.5 Å². The largest absolute Gasteiger partial charge is 0.484 e. The van der Waals surface area contributed by atoms with E-state index in [0.717, 1.165) is 10.5 Å². The van der Waals surface area contributed by atoms with Crippen LogP contribution in [0.2, 0.25) is 0 Å². The van der Waals surface area contributed by atoms with E-state index in [-0.39, 0.29) is 25.5 Å². The van der Waals surface area contributed by atoms with Gasteiger partial charge in [0.25, 0.3) is 11.8 Å². The molecule has 1 heterocycles. The average molecular weight is 487 g/mol. The minimum Gasteiger partial charge on any atom is -0.484 e. The number of carbonyl (C=O) groups excluding carboxylic acids is 4. The summed E-state index contributed by atoms with van der Waals surface area (Å²) in [5, 5.41) is 0. The third-order valence-corrected chi connectivity index (χ3v) is 5.77. The van der Waals surface area contributed by atoms with Gasteiger partial charge in [0.1, 0.15) is 17.5 Å². The van der Waals surface area contributed by atoms with Crippen LogP contribution in [0.25, 0.3) is 0 Å². The fraction of sp³-hybridized carbons (Fsp3) is 0.214. The topological polar surface area (TPSA) is 93.2 Å². The molecule has 1 saturated heterocycles. The predicted molar refractivity (Wildman–Crippen MR) is 132 cm³/mol. The van der Waals surface area contributed by atoms with Crippen molar-refractivity contribution in [1.82, 2.24) is 4.90 Å². The van der Waals surface area contributed by atoms with Gasteiger partial charge in [-0.15, -0.1) is 0 Å². The molecule has 0 bridgehead atoms. The molecule has 0 aliphatic carbocycles. The van der Waals surface area contributed by atoms with E-state index in [0.29, 0.717) is 23.6 Å². The number of para-hydroxylation sites is 1. The lowest BCUT2D eigenvalue weighted by Gasteiger charge is -2.28. The van der Waals surface area contributed by atoms with E-state index >= 15 is 0 Å². The molecule has 0 spiro atoms. The molecule has 0 radical (unpaired) electrons. The normalized spacial score (nSPS) is 15.0. The van der Waals surface area contributed by atoms with Gasteiger partial charge in [-0.3, -0.25) is 19.2 Å². The molecule has 8 nitrogen and oxygen atoms in total. The van der Waals surface area contributed by atoms with Crippen LogP contribution in [0.5, 0.6) is 11.5 Å². The molecule has 0 N–H and O–H groups in total. The number of amides is 3. The molecule has 1 fully saturated rings. The van der Waals surface area contributed by atoms with Crippen molar-refractivity contribution in [2.45, 2.75) is 25.8 Å². The van der Waals surface area contributed by atoms with Gasteiger partial charge in [-0.2, -0.15) is 0 Å². The lowest BCUT2D eigenvalue weighted by molar-refractivity contribution is -0.140. The van der Waals surface area contributed by atoms with E-state index in [9.17, 15) is 19.2 Å². The minimum absolute atomic E-state index is 0.129. The zero-order valence-electron chi connectivity index (χ0n) is 19.8. The van der Waals surface area contributed by atoms with Crippen molar-refractivity contribution >= 4 is 29.4 Å². The smallest absolute Gasteiger partial charge is 0.308 e. The van der Waals surface area contributed by atoms with Crippen LogP contribution in [-0.4, -0.2) is 47.8 Å². The van der Waals surface area contributed by atoms with Crippen molar-refractivity contribution in [1.29, 1.82) is 0 Å². The predicted octanol–water partition coefficient (Wildman–Crippen LogP) is 3.39. The van der Waals surface area contributed by atoms with Gasteiger partial charge in [0, 0.05) is 13.5 Å². The van der Waals surface area contributed by atoms with Crippen LogP contribution in [0, 0.1) is 0 Å². The Labute approximate surface area is 209 Å². The molecule has 1 aliphatic rings. The first-order chi connectivity index (χ1) is 17.4. The summed E-state index contributed by atoms with van der Waals surface area (Å²) in [6.45, 7) is 1.28. The molecular formula is C28H26N2O6. The molecule has 0 saturated carbocycles. The first-order valence-electron chi connectivity index (χ1n) is 11.6. The highest BCUT2D eigenvalue weighted by molar-refractivity contribution is 6.23. The van der Waals surface area contributed by atoms with Crippen molar-refractivity contribution in [3.63, 3.8) is 0 Å². The van der Waals surface area contributed by atoms with Gasteiger partial charge < -0.3 is 14.4 Å². The van der Waals surface area contributed by atoms with Crippen LogP contribution in [0.15, 0.2) is 84.9 Å². The highest BCUT2D eigenvalue weighted by Gasteiger charge is 2.44. The van der Waals surface area contributed by atoms with Gasteiger partial charge in [0.15, 0.2) is 6.61 Å². The number of esters is 1. The van der Waals surface area contributed by atoms with Gasteiger partial charge in [0.05, 0.1) is 12.1 Å². The Balaban J connectivity index is 1.52. The molecule has 184 valence electrons. The second-order valence-electron chi connectivity index (χ2n) is 8.30. The lowest BCUT2D eigenvalue weighted by atomic mass is 10.1. The molecule has 0 aromatic heterocycles. The third-order valence-electron chi connectivity index (χ3n) is 5.77. The Morgan fingerprint density at radius 2 is 1.53 bits per heavy atom. The van der Waals surface area contributed by atoms with Gasteiger partial charge >= 0.3 is 5.97 Å². The summed E-state index contributed by atoms with van der Waals surface area (Å²) in [7, 11) is 0. The molecule has 1 atom stereocenters. The minimum atomic E-state index is -0.943. The maximum atomic E-state index is 13.4. The maximum Gasteiger partial charge on any atom is 0.308 e. The van der Waals surface area contributed by atoms with Gasteiger partial charge in [-0.05, 0) is 48.4 Å². The molecule has 3 aromatic carbocycles. The number of nitrogens with zero attached hydrogens (tertiary/aromatic N) is 2. The Morgan fingerprint density at radius 3 is 2.17 bits per heavy atom. The number of rotatable bonds is 9. The van der Waals surface area contributed by atoms with E-state index in [1.807, 2.05) is 36.4 Å². The Hall–Kier alpha value is -4.46. The van der Waals surface area contributed by atoms with E-state index in [2.05, 4.69) is 0 Å². The fourth-order valence-electron chi connectivity index (χ4n) is 4.05. The Bertz CT molecular complexity index is 1230. The van der Waals surface area contributed by atoms with Gasteiger partial charge in [0.2, 0.25) is 5.91 Å². The molecule has 36 heavy (non-hydrogen) atoms. The van der Waals surface area contributed by atoms with Crippen molar-refractivity contribution in [2.75, 3.05) is 18.1 Å². The number of ether oxygens (including phenoxy) is 2. The maximum absolute atomic E-state index is 13.4. The first kappa shape index (κ1) is 24.7. The summed E-state index contributed by atoms with van der Waals surface area (Å²) in [5.41, 5.74) is 1.35. The summed E-state index contributed by atoms with van der Waals surface area (Å²) in [5.74, 6) is -0.903. The molecule has 1 aliphatic heterocycles. The number of benzene rings is 3. The molecule has 3 aromatic rings. The quantitative estimate of drug-likeness (QED) is 0.262. The zero-order chi connectivity index (χ0) is 25.5. The Morgan fingerprint density at radius 1 is 0.889 bits per heavy atom. The van der Waals surface area contributed by atoms with Crippen LogP contribution in [0.1, 0.15) is 18.9 Å². The average Bonchev–Trinajstić information content (AvgIpc) is 3.17. The number of hydrogen-bond acceptors (Lipinski definition) is 6. The van der Waals surface area contributed by atoms with Crippen LogP contribution in [0.4, 0.5) is 5.69 Å². The van der Waals surface area contributed by atoms with Crippen LogP contribution in [0.3, 0.4) is 0 Å². The molecular weight excluding hydrogens is 460 g/mol. The van der Waals surface area contributed by atoms with Crippen LogP contribution < -0.4 is 14.4 Å². The highest BCUT2D eigenvalue weighted by atomic mass is 16.5. The van der Waals surface area contributed by atoms with E-state index in [1.165, 1.54) is 36.1 Å². The van der Waals surface area contributed by atoms with Gasteiger partial charge in [-0.1, -0.05) is 48.5 Å². The number of imide groups is 1. The highest BCUT2D eigenvalue weighted by Crippen LogP contribution is 2.28. The summed E-state index contributed by atoms with van der Waals surface area (Å²) in [4.78, 5) is 53.2. The molecule has 1 unspecified atom stereocenters. The third kappa shape index (κ3) is 5.96. The van der Waals surface area contributed by atoms with Crippen LogP contribution in [-0.2, 0) is 25.6 Å². The van der Waals surface area contributed by atoms with E-state index in [4.69, 9.17) is 9.47 Å². The number of anilines is 1. The summed E-state index contributed by atoms with van der Waals surface area (Å²) in [6, 6.07) is 23.7. The first-order valence-corrected chi connectivity index (χ1v) is 11.6. The van der Waals surface area contributed by atoms with Crippen molar-refractivity contribution in [3.05, 3.63) is 90.5 Å². The number of carbonyl (C=O) groups is 4.